The molecule has 0 aromatic carbocycles. The summed E-state index contributed by atoms with van der Waals surface area (Å²) < 4.78 is 9.84. The van der Waals surface area contributed by atoms with Gasteiger partial charge in [0.25, 0.3) is 5.95 Å². The third kappa shape index (κ3) is 2.61. The number of furan rings is 1. The summed E-state index contributed by atoms with van der Waals surface area (Å²) in [5.74, 6) is -0.104. The highest BCUT2D eigenvalue weighted by atomic mass is 16.6. The summed E-state index contributed by atoms with van der Waals surface area (Å²) in [6.07, 6.45) is 1.61. The van der Waals surface area contributed by atoms with Crippen LogP contribution >= 0.6 is 0 Å². The second kappa shape index (κ2) is 3.24. The summed E-state index contributed by atoms with van der Waals surface area (Å²) in [6, 6.07) is 1.74. The van der Waals surface area contributed by atoms with Crippen molar-refractivity contribution < 1.29 is 13.9 Å². The average molecular weight is 182 g/mol. The summed E-state index contributed by atoms with van der Waals surface area (Å²) in [7, 11) is 0. The maximum Gasteiger partial charge on any atom is 0.310 e. The minimum atomic E-state index is -0.366. The van der Waals surface area contributed by atoms with Crippen molar-refractivity contribution in [3.05, 3.63) is 17.9 Å². The molecule has 1 aromatic rings. The van der Waals surface area contributed by atoms with E-state index in [4.69, 9.17) is 9.15 Å². The van der Waals surface area contributed by atoms with E-state index in [-0.39, 0.29) is 17.3 Å². The van der Waals surface area contributed by atoms with Crippen LogP contribution in [0.4, 0.5) is 0 Å². The lowest BCUT2D eigenvalue weighted by Crippen LogP contribution is -2.09. The molecule has 0 spiro atoms. The minimum Gasteiger partial charge on any atom is -0.434 e. The van der Waals surface area contributed by atoms with Crippen molar-refractivity contribution in [2.45, 2.75) is 33.1 Å². The van der Waals surface area contributed by atoms with Crippen LogP contribution in [-0.2, 0) is 10.2 Å². The maximum atomic E-state index is 10.6. The molecule has 0 atom stereocenters. The van der Waals surface area contributed by atoms with Crippen molar-refractivity contribution in [2.75, 3.05) is 0 Å². The molecule has 0 unspecified atom stereocenters. The quantitative estimate of drug-likeness (QED) is 0.626. The van der Waals surface area contributed by atoms with E-state index in [1.807, 2.05) is 0 Å². The third-order valence-corrected chi connectivity index (χ3v) is 1.69. The molecule has 0 fully saturated rings. The van der Waals surface area contributed by atoms with E-state index in [2.05, 4.69) is 20.8 Å². The van der Waals surface area contributed by atoms with E-state index in [9.17, 15) is 4.79 Å². The number of carbonyl (C=O) groups excluding carboxylic acids is 1. The Kier molecular flexibility index (Phi) is 2.45. The van der Waals surface area contributed by atoms with Crippen molar-refractivity contribution in [3.63, 3.8) is 0 Å². The van der Waals surface area contributed by atoms with Crippen molar-refractivity contribution in [1.82, 2.24) is 0 Å². The zero-order valence-corrected chi connectivity index (χ0v) is 8.38. The Labute approximate surface area is 77.7 Å². The largest absolute Gasteiger partial charge is 0.434 e. The Hall–Kier alpha value is -1.25. The fraction of sp³-hybridized carbons (Fsp3) is 0.500. The Morgan fingerprint density at radius 3 is 2.46 bits per heavy atom. The molecular formula is C10H14O3. The van der Waals surface area contributed by atoms with Crippen molar-refractivity contribution in [3.8, 4) is 5.95 Å². The predicted octanol–water partition coefficient (Wildman–Crippen LogP) is 2.50. The van der Waals surface area contributed by atoms with E-state index in [0.717, 1.165) is 5.56 Å². The molecule has 13 heavy (non-hydrogen) atoms. The molecule has 0 amide bonds. The number of hydrogen-bond acceptors (Lipinski definition) is 3. The number of carbonyl (C=O) groups is 1. The second-order valence-corrected chi connectivity index (χ2v) is 4.00. The Bertz CT molecular complexity index is 304. The van der Waals surface area contributed by atoms with Gasteiger partial charge in [0.05, 0.1) is 6.26 Å². The normalized spacial score (nSPS) is 11.4. The highest BCUT2D eigenvalue weighted by molar-refractivity contribution is 5.68. The standard InChI is InChI=1S/C10H14O3/c1-7(11)13-9-5-8(6-12-9)10(2,3)4/h5-6H,1-4H3. The first kappa shape index (κ1) is 9.84. The summed E-state index contributed by atoms with van der Waals surface area (Å²) in [4.78, 5) is 10.6. The lowest BCUT2D eigenvalue weighted by atomic mass is 9.89. The third-order valence-electron chi connectivity index (χ3n) is 1.69. The van der Waals surface area contributed by atoms with Gasteiger partial charge in [-0.15, -0.1) is 0 Å². The first-order valence-electron chi connectivity index (χ1n) is 4.17. The summed E-state index contributed by atoms with van der Waals surface area (Å²) in [5.41, 5.74) is 1.03. The fourth-order valence-corrected chi connectivity index (χ4v) is 0.905. The molecular weight excluding hydrogens is 168 g/mol. The van der Waals surface area contributed by atoms with Crippen LogP contribution in [0.5, 0.6) is 5.95 Å². The monoisotopic (exact) mass is 182 g/mol. The SMILES string of the molecule is CC(=O)Oc1cc(C(C)(C)C)co1. The molecule has 1 heterocycles. The van der Waals surface area contributed by atoms with Crippen LogP contribution in [0, 0.1) is 0 Å². The molecule has 0 bridgehead atoms. The van der Waals surface area contributed by atoms with E-state index in [1.165, 1.54) is 6.92 Å². The molecule has 0 aliphatic heterocycles. The lowest BCUT2D eigenvalue weighted by Gasteiger charge is -2.14. The van der Waals surface area contributed by atoms with Gasteiger partial charge >= 0.3 is 5.97 Å². The molecule has 3 heteroatoms. The Balaban J connectivity index is 2.81. The van der Waals surface area contributed by atoms with Gasteiger partial charge in [0, 0.05) is 13.0 Å². The smallest absolute Gasteiger partial charge is 0.310 e. The molecule has 3 nitrogen and oxygen atoms in total. The van der Waals surface area contributed by atoms with Crippen molar-refractivity contribution in [1.29, 1.82) is 0 Å². The van der Waals surface area contributed by atoms with Gasteiger partial charge in [0.15, 0.2) is 0 Å². The van der Waals surface area contributed by atoms with Crippen LogP contribution in [0.3, 0.4) is 0 Å². The first-order valence-corrected chi connectivity index (χ1v) is 4.17. The molecule has 72 valence electrons. The maximum absolute atomic E-state index is 10.6. The first-order chi connectivity index (χ1) is 5.89. The summed E-state index contributed by atoms with van der Waals surface area (Å²) >= 11 is 0. The Morgan fingerprint density at radius 1 is 1.46 bits per heavy atom. The molecule has 0 aliphatic rings. The molecule has 1 rings (SSSR count). The highest BCUT2D eigenvalue weighted by Crippen LogP contribution is 2.27. The van der Waals surface area contributed by atoms with Crippen LogP contribution in [0.25, 0.3) is 0 Å². The molecule has 1 aromatic heterocycles. The van der Waals surface area contributed by atoms with Gasteiger partial charge in [-0.05, 0) is 11.0 Å². The van der Waals surface area contributed by atoms with Crippen LogP contribution in [0.15, 0.2) is 16.7 Å². The van der Waals surface area contributed by atoms with Gasteiger partial charge < -0.3 is 9.15 Å². The zero-order chi connectivity index (χ0) is 10.1. The molecule has 0 saturated heterocycles. The van der Waals surface area contributed by atoms with Crippen LogP contribution < -0.4 is 4.74 Å². The van der Waals surface area contributed by atoms with Gasteiger partial charge in [-0.25, -0.2) is 0 Å². The number of hydrogen-bond donors (Lipinski definition) is 0. The van der Waals surface area contributed by atoms with E-state index >= 15 is 0 Å². The fourth-order valence-electron chi connectivity index (χ4n) is 0.905. The molecule has 0 saturated carbocycles. The van der Waals surface area contributed by atoms with Gasteiger partial charge in [-0.2, -0.15) is 0 Å². The van der Waals surface area contributed by atoms with E-state index < -0.39 is 0 Å². The van der Waals surface area contributed by atoms with Crippen LogP contribution in [0.1, 0.15) is 33.3 Å². The van der Waals surface area contributed by atoms with Crippen LogP contribution in [-0.4, -0.2) is 5.97 Å². The topological polar surface area (TPSA) is 39.4 Å². The summed E-state index contributed by atoms with van der Waals surface area (Å²) in [5, 5.41) is 0. The van der Waals surface area contributed by atoms with Crippen LogP contribution in [0.2, 0.25) is 0 Å². The molecule has 0 aliphatic carbocycles. The van der Waals surface area contributed by atoms with Gasteiger partial charge in [-0.3, -0.25) is 4.79 Å². The Morgan fingerprint density at radius 2 is 2.08 bits per heavy atom. The van der Waals surface area contributed by atoms with Crippen molar-refractivity contribution >= 4 is 5.97 Å². The van der Waals surface area contributed by atoms with Gasteiger partial charge in [-0.1, -0.05) is 20.8 Å². The second-order valence-electron chi connectivity index (χ2n) is 4.00. The van der Waals surface area contributed by atoms with Gasteiger partial charge in [0.2, 0.25) is 0 Å². The number of esters is 1. The van der Waals surface area contributed by atoms with E-state index in [0.29, 0.717) is 0 Å². The summed E-state index contributed by atoms with van der Waals surface area (Å²) in [6.45, 7) is 7.54. The molecule has 0 N–H and O–H groups in total. The number of rotatable bonds is 1. The number of ether oxygens (including phenoxy) is 1. The van der Waals surface area contributed by atoms with Gasteiger partial charge in [0.1, 0.15) is 0 Å². The lowest BCUT2D eigenvalue weighted by molar-refractivity contribution is -0.133. The minimum absolute atomic E-state index is 0.0158. The predicted molar refractivity (Wildman–Crippen MR) is 48.7 cm³/mol. The molecule has 0 radical (unpaired) electrons. The highest BCUT2D eigenvalue weighted by Gasteiger charge is 2.17. The van der Waals surface area contributed by atoms with Crippen molar-refractivity contribution in [2.24, 2.45) is 0 Å². The van der Waals surface area contributed by atoms with E-state index in [1.54, 1.807) is 12.3 Å². The zero-order valence-electron chi connectivity index (χ0n) is 8.38. The average Bonchev–Trinajstić information content (AvgIpc) is 2.32.